The van der Waals surface area contributed by atoms with Crippen LogP contribution < -0.4 is 4.72 Å². The van der Waals surface area contributed by atoms with Crippen molar-refractivity contribution in [1.82, 2.24) is 4.72 Å². The maximum Gasteiger partial charge on any atom is 0.338 e. The average Bonchev–Trinajstić information content (AvgIpc) is 2.98. The molecule has 1 N–H and O–H groups in total. The second-order valence-corrected chi connectivity index (χ2v) is 10.9. The average molecular weight is 462 g/mol. The lowest BCUT2D eigenvalue weighted by Gasteiger charge is -2.12. The Labute approximate surface area is 172 Å². The number of carbonyl (C=O) groups is 1. The number of rotatable bonds is 6. The van der Waals surface area contributed by atoms with Crippen LogP contribution >= 0.6 is 11.6 Å². The summed E-state index contributed by atoms with van der Waals surface area (Å²) in [4.78, 5) is 12.1. The molecule has 1 fully saturated rings. The minimum absolute atomic E-state index is 0.00912. The Bertz CT molecular complexity index is 1150. The van der Waals surface area contributed by atoms with E-state index < -0.39 is 37.7 Å². The molecule has 7 nitrogen and oxygen atoms in total. The third-order valence-corrected chi connectivity index (χ3v) is 7.95. The Kier molecular flexibility index (Phi) is 6.27. The summed E-state index contributed by atoms with van der Waals surface area (Å²) in [6, 6.07) is 8.13. The summed E-state index contributed by atoms with van der Waals surface area (Å²) < 4.78 is 68.6. The topological polar surface area (TPSA) is 107 Å². The summed E-state index contributed by atoms with van der Waals surface area (Å²) in [6.45, 7) is -0.215. The summed E-state index contributed by atoms with van der Waals surface area (Å²) in [5.74, 6) is -1.64. The molecule has 0 aliphatic carbocycles. The van der Waals surface area contributed by atoms with Gasteiger partial charge in [0.15, 0.2) is 9.84 Å². The number of benzene rings is 2. The second-order valence-electron chi connectivity index (χ2n) is 6.56. The van der Waals surface area contributed by atoms with Crippen LogP contribution in [0.5, 0.6) is 0 Å². The second kappa shape index (κ2) is 8.39. The molecule has 1 atom stereocenters. The van der Waals surface area contributed by atoms with Crippen LogP contribution in [0.2, 0.25) is 5.02 Å². The van der Waals surface area contributed by atoms with Crippen LogP contribution in [0, 0.1) is 5.82 Å². The van der Waals surface area contributed by atoms with Crippen molar-refractivity contribution in [2.24, 2.45) is 0 Å². The van der Waals surface area contributed by atoms with Gasteiger partial charge >= 0.3 is 5.97 Å². The van der Waals surface area contributed by atoms with Gasteiger partial charge in [0, 0.05) is 11.6 Å². The van der Waals surface area contributed by atoms with Crippen molar-refractivity contribution < 1.29 is 30.8 Å². The first-order valence-electron chi connectivity index (χ1n) is 8.50. The number of sulfone groups is 1. The van der Waals surface area contributed by atoms with Crippen LogP contribution in [-0.4, -0.2) is 40.4 Å². The minimum atomic E-state index is -4.01. The Balaban J connectivity index is 1.70. The number of sulfonamides is 1. The quantitative estimate of drug-likeness (QED) is 0.661. The van der Waals surface area contributed by atoms with Crippen molar-refractivity contribution in [3.8, 4) is 0 Å². The molecule has 1 saturated heterocycles. The SMILES string of the molecule is O=C(OCc1ccc(F)cc1Cl)c1cccc(S(=O)(=O)N[C@@H]2CCS(=O)(=O)C2)c1. The Morgan fingerprint density at radius 3 is 2.66 bits per heavy atom. The first-order valence-corrected chi connectivity index (χ1v) is 12.2. The molecule has 29 heavy (non-hydrogen) atoms. The molecule has 0 aromatic heterocycles. The predicted octanol–water partition coefficient (Wildman–Crippen LogP) is 2.30. The summed E-state index contributed by atoms with van der Waals surface area (Å²) in [6.07, 6.45) is 0.196. The van der Waals surface area contributed by atoms with Crippen molar-refractivity contribution in [2.75, 3.05) is 11.5 Å². The van der Waals surface area contributed by atoms with Crippen LogP contribution in [0.25, 0.3) is 0 Å². The fourth-order valence-electron chi connectivity index (χ4n) is 2.83. The number of esters is 1. The smallest absolute Gasteiger partial charge is 0.338 e. The first kappa shape index (κ1) is 21.7. The van der Waals surface area contributed by atoms with Crippen LogP contribution in [0.15, 0.2) is 47.4 Å². The lowest BCUT2D eigenvalue weighted by atomic mass is 10.2. The van der Waals surface area contributed by atoms with Gasteiger partial charge in [-0.2, -0.15) is 0 Å². The number of hydrogen-bond donors (Lipinski definition) is 1. The van der Waals surface area contributed by atoms with E-state index >= 15 is 0 Å². The van der Waals surface area contributed by atoms with E-state index in [0.29, 0.717) is 5.56 Å². The molecule has 156 valence electrons. The molecule has 0 spiro atoms. The zero-order chi connectivity index (χ0) is 21.2. The van der Waals surface area contributed by atoms with E-state index in [2.05, 4.69) is 4.72 Å². The molecule has 2 aromatic rings. The molecular formula is C18H17ClFNO6S2. The van der Waals surface area contributed by atoms with Gasteiger partial charge in [-0.3, -0.25) is 0 Å². The zero-order valence-electron chi connectivity index (χ0n) is 15.0. The van der Waals surface area contributed by atoms with Crippen LogP contribution in [0.3, 0.4) is 0 Å². The largest absolute Gasteiger partial charge is 0.457 e. The lowest BCUT2D eigenvalue weighted by Crippen LogP contribution is -2.35. The highest BCUT2D eigenvalue weighted by Gasteiger charge is 2.31. The summed E-state index contributed by atoms with van der Waals surface area (Å²) in [5.41, 5.74) is 0.388. The standard InChI is InChI=1S/C18H17ClFNO6S2/c19-17-9-14(20)5-4-13(17)10-27-18(22)12-2-1-3-16(8-12)29(25,26)21-15-6-7-28(23,24)11-15/h1-5,8-9,15,21H,6-7,10-11H2/t15-/m1/s1. The van der Waals surface area contributed by atoms with E-state index in [9.17, 15) is 26.0 Å². The van der Waals surface area contributed by atoms with Gasteiger partial charge in [-0.1, -0.05) is 23.7 Å². The van der Waals surface area contributed by atoms with Gasteiger partial charge in [-0.05, 0) is 36.8 Å². The third-order valence-electron chi connectivity index (χ3n) is 4.31. The maximum atomic E-state index is 13.1. The van der Waals surface area contributed by atoms with Crippen molar-refractivity contribution >= 4 is 37.4 Å². The van der Waals surface area contributed by atoms with Crippen molar-refractivity contribution in [3.63, 3.8) is 0 Å². The van der Waals surface area contributed by atoms with Gasteiger partial charge in [-0.15, -0.1) is 0 Å². The summed E-state index contributed by atoms with van der Waals surface area (Å²) in [5, 5.41) is 0.102. The molecule has 3 rings (SSSR count). The minimum Gasteiger partial charge on any atom is -0.457 e. The van der Waals surface area contributed by atoms with E-state index in [1.54, 1.807) is 0 Å². The number of nitrogens with one attached hydrogen (secondary N) is 1. The highest BCUT2D eigenvalue weighted by Crippen LogP contribution is 2.20. The molecular weight excluding hydrogens is 445 g/mol. The fraction of sp³-hybridized carbons (Fsp3) is 0.278. The Hall–Kier alpha value is -2.01. The van der Waals surface area contributed by atoms with Gasteiger partial charge in [0.05, 0.1) is 27.0 Å². The highest BCUT2D eigenvalue weighted by molar-refractivity contribution is 7.92. The van der Waals surface area contributed by atoms with Crippen molar-refractivity contribution in [3.05, 3.63) is 64.4 Å². The highest BCUT2D eigenvalue weighted by atomic mass is 35.5. The number of halogens is 2. The molecule has 0 saturated carbocycles. The molecule has 1 aliphatic rings. The number of ether oxygens (including phenoxy) is 1. The molecule has 0 radical (unpaired) electrons. The van der Waals surface area contributed by atoms with E-state index in [1.807, 2.05) is 0 Å². The van der Waals surface area contributed by atoms with Gasteiger partial charge < -0.3 is 4.74 Å². The van der Waals surface area contributed by atoms with Crippen LogP contribution in [-0.2, 0) is 31.2 Å². The predicted molar refractivity (Wildman–Crippen MR) is 104 cm³/mol. The van der Waals surface area contributed by atoms with Crippen molar-refractivity contribution in [2.45, 2.75) is 24.0 Å². The molecule has 1 heterocycles. The molecule has 0 amide bonds. The van der Waals surface area contributed by atoms with E-state index in [1.165, 1.54) is 30.3 Å². The third kappa shape index (κ3) is 5.53. The molecule has 11 heteroatoms. The normalized spacial score (nSPS) is 18.5. The Morgan fingerprint density at radius 1 is 1.24 bits per heavy atom. The van der Waals surface area contributed by atoms with Gasteiger partial charge in [0.1, 0.15) is 12.4 Å². The number of hydrogen-bond acceptors (Lipinski definition) is 6. The fourth-order valence-corrected chi connectivity index (χ4v) is 6.15. The monoisotopic (exact) mass is 461 g/mol. The van der Waals surface area contributed by atoms with E-state index in [-0.39, 0.29) is 40.0 Å². The van der Waals surface area contributed by atoms with Gasteiger partial charge in [0.2, 0.25) is 10.0 Å². The summed E-state index contributed by atoms with van der Waals surface area (Å²) >= 11 is 5.88. The molecule has 2 aromatic carbocycles. The molecule has 1 aliphatic heterocycles. The van der Waals surface area contributed by atoms with Gasteiger partial charge in [0.25, 0.3) is 0 Å². The van der Waals surface area contributed by atoms with Gasteiger partial charge in [-0.25, -0.2) is 30.7 Å². The first-order chi connectivity index (χ1) is 13.6. The van der Waals surface area contributed by atoms with Crippen LogP contribution in [0.1, 0.15) is 22.3 Å². The zero-order valence-corrected chi connectivity index (χ0v) is 17.4. The Morgan fingerprint density at radius 2 is 2.00 bits per heavy atom. The molecule has 0 bridgehead atoms. The molecule has 0 unspecified atom stereocenters. The van der Waals surface area contributed by atoms with E-state index in [0.717, 1.165) is 12.1 Å². The van der Waals surface area contributed by atoms with Crippen molar-refractivity contribution in [1.29, 1.82) is 0 Å². The maximum absolute atomic E-state index is 13.1. The van der Waals surface area contributed by atoms with Crippen LogP contribution in [0.4, 0.5) is 4.39 Å². The van der Waals surface area contributed by atoms with E-state index in [4.69, 9.17) is 16.3 Å². The summed E-state index contributed by atoms with van der Waals surface area (Å²) in [7, 11) is -7.26. The lowest BCUT2D eigenvalue weighted by molar-refractivity contribution is 0.0472. The number of carbonyl (C=O) groups excluding carboxylic acids is 1.